The number of aromatic nitrogens is 1. The summed E-state index contributed by atoms with van der Waals surface area (Å²) in [6.45, 7) is 5.50. The van der Waals surface area contributed by atoms with E-state index in [1.165, 1.54) is 16.6 Å². The van der Waals surface area contributed by atoms with Crippen LogP contribution in [0.4, 0.5) is 18.9 Å². The zero-order valence-corrected chi connectivity index (χ0v) is 12.5. The van der Waals surface area contributed by atoms with Crippen molar-refractivity contribution in [1.29, 1.82) is 0 Å². The number of halogens is 3. The summed E-state index contributed by atoms with van der Waals surface area (Å²) in [5, 5.41) is 11.9. The zero-order chi connectivity index (χ0) is 17.0. The van der Waals surface area contributed by atoms with Crippen molar-refractivity contribution in [2.45, 2.75) is 19.1 Å². The van der Waals surface area contributed by atoms with Gasteiger partial charge in [-0.25, -0.2) is 4.79 Å². The van der Waals surface area contributed by atoms with E-state index in [0.29, 0.717) is 6.04 Å². The quantitative estimate of drug-likeness (QED) is 0.752. The highest BCUT2D eigenvalue weighted by Gasteiger charge is 2.38. The van der Waals surface area contributed by atoms with Gasteiger partial charge in [0.15, 0.2) is 0 Å². The lowest BCUT2D eigenvalue weighted by atomic mass is 10.1. The molecule has 1 fully saturated rings. The Balaban J connectivity index is 0.000000236. The van der Waals surface area contributed by atoms with Crippen LogP contribution in [0.3, 0.4) is 0 Å². The lowest BCUT2D eigenvalue weighted by Gasteiger charge is -2.33. The fourth-order valence-corrected chi connectivity index (χ4v) is 2.40. The number of carboxylic acids is 1. The first kappa shape index (κ1) is 17.1. The van der Waals surface area contributed by atoms with Crippen LogP contribution in [0.2, 0.25) is 0 Å². The topological polar surface area (TPSA) is 68.4 Å². The number of nitrogens with one attached hydrogen (secondary N) is 2. The Hall–Kier alpha value is -2.22. The summed E-state index contributed by atoms with van der Waals surface area (Å²) in [6.07, 6.45) is -3.09. The van der Waals surface area contributed by atoms with Crippen molar-refractivity contribution in [1.82, 2.24) is 10.3 Å². The van der Waals surface area contributed by atoms with Gasteiger partial charge >= 0.3 is 12.1 Å². The van der Waals surface area contributed by atoms with Crippen molar-refractivity contribution in [2.24, 2.45) is 0 Å². The van der Waals surface area contributed by atoms with E-state index >= 15 is 0 Å². The number of piperazine rings is 1. The average Bonchev–Trinajstić information content (AvgIpc) is 2.94. The van der Waals surface area contributed by atoms with Gasteiger partial charge in [-0.15, -0.1) is 0 Å². The summed E-state index contributed by atoms with van der Waals surface area (Å²) in [5.41, 5.74) is 2.55. The van der Waals surface area contributed by atoms with Crippen molar-refractivity contribution in [3.8, 4) is 0 Å². The first-order chi connectivity index (χ1) is 10.8. The molecule has 2 aromatic rings. The number of rotatable bonds is 1. The summed E-state index contributed by atoms with van der Waals surface area (Å²) >= 11 is 0. The molecule has 5 nitrogen and oxygen atoms in total. The van der Waals surface area contributed by atoms with Crippen LogP contribution in [-0.4, -0.2) is 47.9 Å². The van der Waals surface area contributed by atoms with Crippen LogP contribution in [0.1, 0.15) is 6.92 Å². The number of nitrogens with zero attached hydrogens (tertiary/aromatic N) is 1. The minimum Gasteiger partial charge on any atom is -0.475 e. The minimum absolute atomic E-state index is 0.579. The third-order valence-electron chi connectivity index (χ3n) is 3.51. The first-order valence-electron chi connectivity index (χ1n) is 7.13. The molecule has 1 saturated heterocycles. The Labute approximate surface area is 131 Å². The van der Waals surface area contributed by atoms with E-state index in [0.717, 1.165) is 19.6 Å². The van der Waals surface area contributed by atoms with Gasteiger partial charge in [0.1, 0.15) is 0 Å². The van der Waals surface area contributed by atoms with Gasteiger partial charge in [0, 0.05) is 48.5 Å². The third kappa shape index (κ3) is 4.62. The molecule has 0 saturated carbocycles. The molecule has 126 valence electrons. The molecule has 23 heavy (non-hydrogen) atoms. The maximum absolute atomic E-state index is 10.6. The second-order valence-corrected chi connectivity index (χ2v) is 5.35. The fourth-order valence-electron chi connectivity index (χ4n) is 2.40. The van der Waals surface area contributed by atoms with Crippen LogP contribution in [-0.2, 0) is 4.79 Å². The molecule has 0 bridgehead atoms. The van der Waals surface area contributed by atoms with Gasteiger partial charge in [0.2, 0.25) is 0 Å². The molecule has 0 spiro atoms. The molecule has 1 aromatic heterocycles. The van der Waals surface area contributed by atoms with E-state index in [9.17, 15) is 13.2 Å². The van der Waals surface area contributed by atoms with Gasteiger partial charge in [-0.3, -0.25) is 0 Å². The van der Waals surface area contributed by atoms with Gasteiger partial charge in [-0.2, -0.15) is 13.2 Å². The molecule has 1 atom stereocenters. The highest BCUT2D eigenvalue weighted by atomic mass is 19.4. The SMILES string of the molecule is C[C@H]1CN(c2ccc3[nH]ccc3c2)CCN1.O=C(O)C(F)(F)F. The van der Waals surface area contributed by atoms with E-state index in [2.05, 4.69) is 46.4 Å². The van der Waals surface area contributed by atoms with Gasteiger partial charge in [-0.05, 0) is 31.2 Å². The number of alkyl halides is 3. The van der Waals surface area contributed by atoms with Gasteiger partial charge in [0.25, 0.3) is 0 Å². The van der Waals surface area contributed by atoms with E-state index in [-0.39, 0.29) is 0 Å². The predicted octanol–water partition coefficient (Wildman–Crippen LogP) is 2.60. The molecule has 0 aliphatic carbocycles. The molecule has 1 aromatic carbocycles. The Morgan fingerprint density at radius 3 is 2.65 bits per heavy atom. The van der Waals surface area contributed by atoms with Gasteiger partial charge in [-0.1, -0.05) is 0 Å². The standard InChI is InChI=1S/C13H17N3.C2HF3O2/c1-10-9-16(7-6-14-10)12-2-3-13-11(8-12)4-5-15-13;3-2(4,5)1(6)7/h2-5,8,10,14-15H,6-7,9H2,1H3;(H,6,7)/t10-;/m0./s1. The van der Waals surface area contributed by atoms with Crippen LogP contribution in [0, 0.1) is 0 Å². The molecule has 0 radical (unpaired) electrons. The first-order valence-corrected chi connectivity index (χ1v) is 7.13. The fraction of sp³-hybridized carbons (Fsp3) is 0.400. The van der Waals surface area contributed by atoms with Crippen molar-refractivity contribution >= 4 is 22.6 Å². The molecule has 2 heterocycles. The summed E-state index contributed by atoms with van der Waals surface area (Å²) < 4.78 is 31.7. The summed E-state index contributed by atoms with van der Waals surface area (Å²) in [7, 11) is 0. The number of hydrogen-bond donors (Lipinski definition) is 3. The number of fused-ring (bicyclic) bond motifs is 1. The number of anilines is 1. The normalized spacial score (nSPS) is 18.4. The minimum atomic E-state index is -5.08. The molecule has 0 unspecified atom stereocenters. The molecule has 3 N–H and O–H groups in total. The Kier molecular flexibility index (Phi) is 5.15. The smallest absolute Gasteiger partial charge is 0.475 e. The van der Waals surface area contributed by atoms with Crippen molar-refractivity contribution in [3.05, 3.63) is 30.5 Å². The lowest BCUT2D eigenvalue weighted by molar-refractivity contribution is -0.192. The number of aromatic amines is 1. The second-order valence-electron chi connectivity index (χ2n) is 5.35. The Morgan fingerprint density at radius 1 is 1.35 bits per heavy atom. The average molecular weight is 329 g/mol. The molecular formula is C15H18F3N3O2. The highest BCUT2D eigenvalue weighted by molar-refractivity contribution is 5.83. The highest BCUT2D eigenvalue weighted by Crippen LogP contribution is 2.22. The van der Waals surface area contributed by atoms with E-state index in [1.807, 2.05) is 6.20 Å². The third-order valence-corrected chi connectivity index (χ3v) is 3.51. The van der Waals surface area contributed by atoms with Crippen molar-refractivity contribution in [3.63, 3.8) is 0 Å². The van der Waals surface area contributed by atoms with Crippen LogP contribution < -0.4 is 10.2 Å². The second kappa shape index (κ2) is 6.91. The molecule has 1 aliphatic rings. The zero-order valence-electron chi connectivity index (χ0n) is 12.5. The van der Waals surface area contributed by atoms with E-state index < -0.39 is 12.1 Å². The number of H-pyrrole nitrogens is 1. The van der Waals surface area contributed by atoms with E-state index in [4.69, 9.17) is 9.90 Å². The molecule has 1 aliphatic heterocycles. The monoisotopic (exact) mass is 329 g/mol. The molecule has 0 amide bonds. The largest absolute Gasteiger partial charge is 0.490 e. The molecular weight excluding hydrogens is 311 g/mol. The van der Waals surface area contributed by atoms with Gasteiger partial charge < -0.3 is 20.3 Å². The Morgan fingerprint density at radius 2 is 2.04 bits per heavy atom. The van der Waals surface area contributed by atoms with E-state index in [1.54, 1.807) is 0 Å². The Bertz CT molecular complexity index is 669. The van der Waals surface area contributed by atoms with Crippen LogP contribution in [0.5, 0.6) is 0 Å². The summed E-state index contributed by atoms with van der Waals surface area (Å²) in [4.78, 5) is 14.6. The number of carbonyl (C=O) groups is 1. The van der Waals surface area contributed by atoms with Gasteiger partial charge in [0.05, 0.1) is 0 Å². The summed E-state index contributed by atoms with van der Waals surface area (Å²) in [5.74, 6) is -2.76. The number of benzene rings is 1. The van der Waals surface area contributed by atoms with Crippen LogP contribution in [0.15, 0.2) is 30.5 Å². The van der Waals surface area contributed by atoms with Crippen molar-refractivity contribution < 1.29 is 23.1 Å². The number of carboxylic acid groups (broad SMARTS) is 1. The number of hydrogen-bond acceptors (Lipinski definition) is 3. The van der Waals surface area contributed by atoms with Crippen molar-refractivity contribution in [2.75, 3.05) is 24.5 Å². The molecule has 3 rings (SSSR count). The molecule has 8 heteroatoms. The summed E-state index contributed by atoms with van der Waals surface area (Å²) in [6, 6.07) is 9.35. The lowest BCUT2D eigenvalue weighted by Crippen LogP contribution is -2.49. The predicted molar refractivity (Wildman–Crippen MR) is 81.7 cm³/mol. The maximum Gasteiger partial charge on any atom is 0.490 e. The van der Waals surface area contributed by atoms with Crippen LogP contribution >= 0.6 is 0 Å². The maximum atomic E-state index is 10.6. The number of aliphatic carboxylic acids is 1. The van der Waals surface area contributed by atoms with Crippen LogP contribution in [0.25, 0.3) is 10.9 Å².